The predicted molar refractivity (Wildman–Crippen MR) is 69.4 cm³/mol. The van der Waals surface area contributed by atoms with E-state index in [1.54, 1.807) is 0 Å². The lowest BCUT2D eigenvalue weighted by molar-refractivity contribution is -0.520. The van der Waals surface area contributed by atoms with Crippen LogP contribution in [-0.4, -0.2) is 56.6 Å². The van der Waals surface area contributed by atoms with E-state index in [0.717, 1.165) is 62.6 Å². The monoisotopic (exact) mass is 266 g/mol. The van der Waals surface area contributed by atoms with Gasteiger partial charge in [0.15, 0.2) is 0 Å². The van der Waals surface area contributed by atoms with Crippen molar-refractivity contribution in [1.29, 1.82) is 0 Å². The third-order valence-corrected chi connectivity index (χ3v) is 3.72. The summed E-state index contributed by atoms with van der Waals surface area (Å²) in [5, 5.41) is 19.4. The van der Waals surface area contributed by atoms with Crippen molar-refractivity contribution in [3.05, 3.63) is 12.1 Å². The van der Waals surface area contributed by atoms with Gasteiger partial charge in [-0.2, -0.15) is 0 Å². The smallest absolute Gasteiger partial charge is 0.471 e. The molecule has 3 rings (SSSR count). The van der Waals surface area contributed by atoms with Crippen molar-refractivity contribution in [3.8, 4) is 11.8 Å². The van der Waals surface area contributed by atoms with Gasteiger partial charge in [-0.25, -0.2) is 9.48 Å². The average Bonchev–Trinajstić information content (AvgIpc) is 3.12. The second-order valence-electron chi connectivity index (χ2n) is 5.11. The van der Waals surface area contributed by atoms with Crippen molar-refractivity contribution in [1.82, 2.24) is 9.63 Å². The lowest BCUT2D eigenvalue weighted by Crippen LogP contribution is -2.42. The van der Waals surface area contributed by atoms with Gasteiger partial charge < -0.3 is 10.2 Å². The van der Waals surface area contributed by atoms with Crippen LogP contribution in [0, 0.1) is 0 Å². The number of amidine groups is 1. The van der Waals surface area contributed by atoms with Crippen LogP contribution in [0.4, 0.5) is 0 Å². The fourth-order valence-electron chi connectivity index (χ4n) is 2.71. The molecule has 3 heterocycles. The topological polar surface area (TPSA) is 60.9 Å². The summed E-state index contributed by atoms with van der Waals surface area (Å²) < 4.78 is 3.26. The minimum atomic E-state index is -0.0895. The molecule has 2 N–H and O–H groups in total. The Balaban J connectivity index is 1.89. The molecule has 0 amide bonds. The lowest BCUT2D eigenvalue weighted by Gasteiger charge is -2.16. The van der Waals surface area contributed by atoms with Gasteiger partial charge in [0.2, 0.25) is 11.8 Å². The highest BCUT2D eigenvalue weighted by molar-refractivity contribution is 5.69. The maximum atomic E-state index is 9.69. The van der Waals surface area contributed by atoms with Gasteiger partial charge in [-0.1, -0.05) is 0 Å². The van der Waals surface area contributed by atoms with Crippen LogP contribution in [0.3, 0.4) is 0 Å². The maximum absolute atomic E-state index is 9.69. The Morgan fingerprint density at radius 1 is 1.00 bits per heavy atom. The summed E-state index contributed by atoms with van der Waals surface area (Å²) in [6.45, 7) is 3.87. The quantitative estimate of drug-likeness (QED) is 0.577. The second-order valence-corrected chi connectivity index (χ2v) is 5.11. The van der Waals surface area contributed by atoms with Crippen LogP contribution in [0.15, 0.2) is 12.1 Å². The predicted octanol–water partition coefficient (Wildman–Crippen LogP) is 0.586. The first-order valence-corrected chi connectivity index (χ1v) is 6.90. The van der Waals surface area contributed by atoms with Gasteiger partial charge >= 0.3 is 6.02 Å². The normalized spacial score (nSPS) is 19.2. The highest BCUT2D eigenvalue weighted by atomic mass is 16.7. The van der Waals surface area contributed by atoms with Crippen LogP contribution in [0.2, 0.25) is 0 Å². The molecule has 0 bridgehead atoms. The number of nitrogens with zero attached hydrogens (tertiary/aromatic N) is 3. The molecule has 2 fully saturated rings. The Morgan fingerprint density at radius 2 is 1.58 bits per heavy atom. The van der Waals surface area contributed by atoms with Crippen LogP contribution >= 0.6 is 0 Å². The first kappa shape index (κ1) is 12.2. The number of aromatic nitrogens is 1. The van der Waals surface area contributed by atoms with Crippen LogP contribution in [-0.2, 0) is 0 Å². The lowest BCUT2D eigenvalue weighted by atomic mass is 10.4. The molecule has 6 nitrogen and oxygen atoms in total. The van der Waals surface area contributed by atoms with Gasteiger partial charge in [-0.05, 0) is 25.7 Å². The Morgan fingerprint density at radius 3 is 2.16 bits per heavy atom. The zero-order valence-corrected chi connectivity index (χ0v) is 11.0. The molecule has 1 aromatic heterocycles. The Labute approximate surface area is 112 Å². The number of hydrogen-bond acceptors (Lipinski definition) is 3. The van der Waals surface area contributed by atoms with Gasteiger partial charge in [0.25, 0.3) is 0 Å². The van der Waals surface area contributed by atoms with Crippen molar-refractivity contribution < 1.29 is 19.6 Å². The molecule has 6 heteroatoms. The van der Waals surface area contributed by atoms with E-state index < -0.39 is 0 Å². The molecule has 0 spiro atoms. The molecule has 0 radical (unpaired) electrons. The van der Waals surface area contributed by atoms with Crippen LogP contribution < -0.4 is 4.84 Å². The fraction of sp³-hybridized carbons (Fsp3) is 0.615. The second kappa shape index (κ2) is 5.03. The van der Waals surface area contributed by atoms with E-state index in [9.17, 15) is 10.2 Å². The molecule has 2 saturated heterocycles. The van der Waals surface area contributed by atoms with Crippen LogP contribution in [0.25, 0.3) is 0 Å². The molecule has 0 aromatic carbocycles. The van der Waals surface area contributed by atoms with E-state index in [2.05, 4.69) is 9.48 Å². The third kappa shape index (κ3) is 2.34. The summed E-state index contributed by atoms with van der Waals surface area (Å²) in [5.74, 6) is -0.179. The van der Waals surface area contributed by atoms with E-state index in [-0.39, 0.29) is 11.8 Å². The molecule has 2 aliphatic heterocycles. The third-order valence-electron chi connectivity index (χ3n) is 3.72. The summed E-state index contributed by atoms with van der Waals surface area (Å²) >= 11 is 0. The SMILES string of the molecule is Oc1ccc(O)n1OC(N1CCCC1)=[N+]1CCCC1. The first-order chi connectivity index (χ1) is 9.25. The van der Waals surface area contributed by atoms with Gasteiger partial charge in [-0.3, -0.25) is 4.84 Å². The van der Waals surface area contributed by atoms with E-state index in [4.69, 9.17) is 4.84 Å². The van der Waals surface area contributed by atoms with Crippen LogP contribution in [0.5, 0.6) is 11.8 Å². The summed E-state index contributed by atoms with van der Waals surface area (Å²) in [7, 11) is 0. The molecule has 19 heavy (non-hydrogen) atoms. The Hall–Kier alpha value is -1.85. The molecular weight excluding hydrogens is 246 g/mol. The van der Waals surface area contributed by atoms with Crippen LogP contribution in [0.1, 0.15) is 25.7 Å². The highest BCUT2D eigenvalue weighted by Gasteiger charge is 2.32. The van der Waals surface area contributed by atoms with E-state index in [0.29, 0.717) is 0 Å². The molecule has 0 atom stereocenters. The Kier molecular flexibility index (Phi) is 3.23. The minimum Gasteiger partial charge on any atom is -0.492 e. The van der Waals surface area contributed by atoms with Gasteiger partial charge in [-0.15, -0.1) is 4.73 Å². The van der Waals surface area contributed by atoms with E-state index in [1.807, 2.05) is 0 Å². The molecule has 1 aromatic rings. The average molecular weight is 266 g/mol. The molecular formula is C13H20N3O3+. The van der Waals surface area contributed by atoms with Crippen molar-refractivity contribution >= 4 is 6.02 Å². The Bertz CT molecular complexity index is 462. The van der Waals surface area contributed by atoms with Crippen molar-refractivity contribution in [2.24, 2.45) is 0 Å². The number of likely N-dealkylation sites (tertiary alicyclic amines) is 1. The zero-order chi connectivity index (χ0) is 13.2. The molecule has 104 valence electrons. The molecule has 0 unspecified atom stereocenters. The summed E-state index contributed by atoms with van der Waals surface area (Å²) in [6.07, 6.45) is 4.63. The first-order valence-electron chi connectivity index (χ1n) is 6.90. The molecule has 0 aliphatic carbocycles. The fourth-order valence-corrected chi connectivity index (χ4v) is 2.71. The molecule has 2 aliphatic rings. The summed E-state index contributed by atoms with van der Waals surface area (Å²) in [5.41, 5.74) is 0. The summed E-state index contributed by atoms with van der Waals surface area (Å²) in [4.78, 5) is 7.95. The standard InChI is InChI=1S/C13H19N3O3/c17-11-5-6-12(18)16(11)19-13(14-7-1-2-8-14)15-9-3-4-10-15/h5-6H,1-4,7-10H2,(H-,17,18)/p+1. The number of rotatable bonds is 1. The van der Waals surface area contributed by atoms with Gasteiger partial charge in [0.1, 0.15) is 0 Å². The maximum Gasteiger partial charge on any atom is 0.471 e. The summed E-state index contributed by atoms with van der Waals surface area (Å²) in [6, 6.07) is 3.58. The van der Waals surface area contributed by atoms with E-state index >= 15 is 0 Å². The number of aromatic hydroxyl groups is 2. The van der Waals surface area contributed by atoms with Crippen molar-refractivity contribution in [2.45, 2.75) is 25.7 Å². The van der Waals surface area contributed by atoms with Crippen molar-refractivity contribution in [2.75, 3.05) is 26.2 Å². The van der Waals surface area contributed by atoms with Crippen molar-refractivity contribution in [3.63, 3.8) is 0 Å². The number of hydrogen-bond donors (Lipinski definition) is 2. The van der Waals surface area contributed by atoms with Gasteiger partial charge in [0.05, 0.1) is 26.2 Å². The van der Waals surface area contributed by atoms with Gasteiger partial charge in [0, 0.05) is 12.1 Å². The minimum absolute atomic E-state index is 0.0895. The largest absolute Gasteiger partial charge is 0.492 e. The van der Waals surface area contributed by atoms with E-state index in [1.165, 1.54) is 12.1 Å². The molecule has 0 saturated carbocycles. The highest BCUT2D eigenvalue weighted by Crippen LogP contribution is 2.20. The zero-order valence-electron chi connectivity index (χ0n) is 11.0.